The number of rotatable bonds is 4. The van der Waals surface area contributed by atoms with Gasteiger partial charge in [-0.2, -0.15) is 0 Å². The van der Waals surface area contributed by atoms with Crippen LogP contribution in [0.4, 0.5) is 0 Å². The molecular formula is C16H22N2. The molecule has 0 heterocycles. The number of hydrogen-bond donors (Lipinski definition) is 2. The second-order valence-electron chi connectivity index (χ2n) is 4.05. The summed E-state index contributed by atoms with van der Waals surface area (Å²) in [4.78, 5) is 0. The van der Waals surface area contributed by atoms with E-state index in [1.165, 1.54) is 11.1 Å². The van der Waals surface area contributed by atoms with E-state index < -0.39 is 0 Å². The van der Waals surface area contributed by atoms with Gasteiger partial charge in [0.1, 0.15) is 0 Å². The molecule has 0 aromatic heterocycles. The van der Waals surface area contributed by atoms with Crippen molar-refractivity contribution in [1.82, 2.24) is 0 Å². The number of hydrogen-bond acceptors (Lipinski definition) is 2. The zero-order valence-electron chi connectivity index (χ0n) is 10.8. The van der Waals surface area contributed by atoms with Crippen molar-refractivity contribution in [1.29, 1.82) is 0 Å². The van der Waals surface area contributed by atoms with Crippen molar-refractivity contribution in [3.8, 4) is 0 Å². The van der Waals surface area contributed by atoms with Crippen molar-refractivity contribution >= 4 is 0 Å². The van der Waals surface area contributed by atoms with Crippen molar-refractivity contribution < 1.29 is 0 Å². The summed E-state index contributed by atoms with van der Waals surface area (Å²) in [5.74, 6) is 0. The van der Waals surface area contributed by atoms with Gasteiger partial charge in [-0.3, -0.25) is 0 Å². The first kappa shape index (κ1) is 14.4. The van der Waals surface area contributed by atoms with Gasteiger partial charge in [-0.25, -0.2) is 0 Å². The van der Waals surface area contributed by atoms with Crippen LogP contribution in [0.25, 0.3) is 0 Å². The van der Waals surface area contributed by atoms with E-state index in [0.29, 0.717) is 13.1 Å². The Labute approximate surface area is 110 Å². The summed E-state index contributed by atoms with van der Waals surface area (Å²) >= 11 is 0. The average Bonchev–Trinajstić information content (AvgIpc) is 2.47. The highest BCUT2D eigenvalue weighted by Gasteiger charge is 1.93. The predicted molar refractivity (Wildman–Crippen MR) is 78.4 cm³/mol. The Morgan fingerprint density at radius 3 is 1.17 bits per heavy atom. The third-order valence-corrected chi connectivity index (χ3v) is 2.55. The van der Waals surface area contributed by atoms with Gasteiger partial charge in [0.05, 0.1) is 0 Å². The van der Waals surface area contributed by atoms with Gasteiger partial charge >= 0.3 is 0 Å². The largest absolute Gasteiger partial charge is 0.329 e. The topological polar surface area (TPSA) is 52.0 Å². The van der Waals surface area contributed by atoms with Crippen LogP contribution in [0, 0.1) is 0 Å². The Balaban J connectivity index is 0.000000357. The van der Waals surface area contributed by atoms with E-state index in [4.69, 9.17) is 11.5 Å². The molecule has 0 amide bonds. The minimum atomic E-state index is 0.597. The molecule has 96 valence electrons. The molecule has 0 aliphatic carbocycles. The molecule has 18 heavy (non-hydrogen) atoms. The van der Waals surface area contributed by atoms with Gasteiger partial charge in [0, 0.05) is 13.1 Å². The Morgan fingerprint density at radius 1 is 0.556 bits per heavy atom. The highest BCUT2D eigenvalue weighted by atomic mass is 14.6. The Morgan fingerprint density at radius 2 is 0.889 bits per heavy atom. The van der Waals surface area contributed by atoms with Gasteiger partial charge in [0.2, 0.25) is 0 Å². The molecule has 0 saturated heterocycles. The van der Waals surface area contributed by atoms with Crippen LogP contribution in [0.5, 0.6) is 0 Å². The quantitative estimate of drug-likeness (QED) is 0.865. The van der Waals surface area contributed by atoms with Crippen LogP contribution < -0.4 is 11.5 Å². The molecule has 0 aliphatic rings. The van der Waals surface area contributed by atoms with Gasteiger partial charge in [0.25, 0.3) is 0 Å². The first-order valence-corrected chi connectivity index (χ1v) is 6.34. The Bertz CT molecular complexity index is 356. The highest BCUT2D eigenvalue weighted by Crippen LogP contribution is 2.06. The monoisotopic (exact) mass is 242 g/mol. The summed E-state index contributed by atoms with van der Waals surface area (Å²) in [6, 6.07) is 21.2. The molecule has 0 aliphatic heterocycles. The molecule has 2 aromatic rings. The van der Waals surface area contributed by atoms with Crippen LogP contribution in [0.15, 0.2) is 60.7 Å². The van der Waals surface area contributed by atoms with Gasteiger partial charge in [-0.1, -0.05) is 60.7 Å². The fraction of sp³-hybridized carbons (Fsp3) is 0.250. The lowest BCUT2D eigenvalue weighted by Crippen LogP contribution is -2.11. The Kier molecular flexibility index (Phi) is 7.53. The third-order valence-electron chi connectivity index (χ3n) is 2.55. The first-order chi connectivity index (χ1) is 8.86. The normalized spacial score (nSPS) is 9.44. The second kappa shape index (κ2) is 9.40. The smallest absolute Gasteiger partial charge is 0.00461 e. The first-order valence-electron chi connectivity index (χ1n) is 6.34. The zero-order chi connectivity index (χ0) is 13.1. The van der Waals surface area contributed by atoms with E-state index in [0.717, 1.165) is 12.8 Å². The van der Waals surface area contributed by atoms with E-state index in [2.05, 4.69) is 60.7 Å². The average molecular weight is 242 g/mol. The van der Waals surface area contributed by atoms with Crippen LogP contribution in [0.3, 0.4) is 0 Å². The highest BCUT2D eigenvalue weighted by molar-refractivity contribution is 5.19. The lowest BCUT2D eigenvalue weighted by molar-refractivity contribution is 0.960. The fourth-order valence-corrected chi connectivity index (χ4v) is 1.58. The van der Waals surface area contributed by atoms with Crippen molar-refractivity contribution in [3.63, 3.8) is 0 Å². The standard InChI is InChI=1S/C14H14.C2H8N2/c1-3-7-13(8-4-1)11-12-14-9-5-2-6-10-14;3-1-2-4/h1-10H,11-12H2;1-4H2. The second-order valence-corrected chi connectivity index (χ2v) is 4.05. The summed E-state index contributed by atoms with van der Waals surface area (Å²) in [7, 11) is 0. The zero-order valence-corrected chi connectivity index (χ0v) is 10.8. The number of aryl methyl sites for hydroxylation is 2. The lowest BCUT2D eigenvalue weighted by atomic mass is 10.0. The van der Waals surface area contributed by atoms with Gasteiger partial charge in [-0.05, 0) is 24.0 Å². The molecule has 2 nitrogen and oxygen atoms in total. The SMILES string of the molecule is NCCN.c1ccc(CCc2ccccc2)cc1. The molecule has 4 N–H and O–H groups in total. The maximum absolute atomic E-state index is 4.90. The molecule has 0 fully saturated rings. The molecule has 2 aromatic carbocycles. The van der Waals surface area contributed by atoms with Crippen molar-refractivity contribution in [2.75, 3.05) is 13.1 Å². The molecule has 2 rings (SSSR count). The molecule has 0 atom stereocenters. The van der Waals surface area contributed by atoms with Crippen molar-refractivity contribution in [2.45, 2.75) is 12.8 Å². The van der Waals surface area contributed by atoms with E-state index in [1.807, 2.05) is 0 Å². The predicted octanol–water partition coefficient (Wildman–Crippen LogP) is 2.38. The van der Waals surface area contributed by atoms with E-state index in [-0.39, 0.29) is 0 Å². The summed E-state index contributed by atoms with van der Waals surface area (Å²) < 4.78 is 0. The van der Waals surface area contributed by atoms with Crippen LogP contribution in [0.2, 0.25) is 0 Å². The number of benzene rings is 2. The Hall–Kier alpha value is -1.64. The lowest BCUT2D eigenvalue weighted by Gasteiger charge is -2.01. The maximum Gasteiger partial charge on any atom is 0.00461 e. The number of nitrogens with two attached hydrogens (primary N) is 2. The third kappa shape index (κ3) is 6.18. The van der Waals surface area contributed by atoms with Crippen LogP contribution in [0.1, 0.15) is 11.1 Å². The van der Waals surface area contributed by atoms with Crippen molar-refractivity contribution in [3.05, 3.63) is 71.8 Å². The van der Waals surface area contributed by atoms with E-state index in [1.54, 1.807) is 0 Å². The van der Waals surface area contributed by atoms with Crippen LogP contribution in [-0.2, 0) is 12.8 Å². The minimum Gasteiger partial charge on any atom is -0.329 e. The molecular weight excluding hydrogens is 220 g/mol. The molecule has 2 heteroatoms. The molecule has 0 unspecified atom stereocenters. The van der Waals surface area contributed by atoms with E-state index in [9.17, 15) is 0 Å². The summed E-state index contributed by atoms with van der Waals surface area (Å²) in [5, 5.41) is 0. The minimum absolute atomic E-state index is 0.597. The molecule has 0 radical (unpaired) electrons. The van der Waals surface area contributed by atoms with E-state index >= 15 is 0 Å². The fourth-order valence-electron chi connectivity index (χ4n) is 1.58. The van der Waals surface area contributed by atoms with Gasteiger partial charge in [-0.15, -0.1) is 0 Å². The molecule has 0 saturated carbocycles. The summed E-state index contributed by atoms with van der Waals surface area (Å²) in [5.41, 5.74) is 12.6. The van der Waals surface area contributed by atoms with Gasteiger partial charge < -0.3 is 11.5 Å². The molecule has 0 bridgehead atoms. The van der Waals surface area contributed by atoms with Crippen molar-refractivity contribution in [2.24, 2.45) is 11.5 Å². The van der Waals surface area contributed by atoms with Gasteiger partial charge in [0.15, 0.2) is 0 Å². The summed E-state index contributed by atoms with van der Waals surface area (Å²) in [6.45, 7) is 1.19. The maximum atomic E-state index is 4.90. The summed E-state index contributed by atoms with van der Waals surface area (Å²) in [6.07, 6.45) is 2.26. The van der Waals surface area contributed by atoms with Crippen LogP contribution in [-0.4, -0.2) is 13.1 Å². The van der Waals surface area contributed by atoms with Crippen LogP contribution >= 0.6 is 0 Å². The molecule has 0 spiro atoms.